The van der Waals surface area contributed by atoms with Gasteiger partial charge in [-0.1, -0.05) is 6.92 Å². The predicted molar refractivity (Wildman–Crippen MR) is 77.1 cm³/mol. The zero-order valence-electron chi connectivity index (χ0n) is 12.5. The van der Waals surface area contributed by atoms with Crippen LogP contribution in [-0.2, 0) is 4.74 Å². The molecule has 0 aromatic heterocycles. The number of rotatable bonds is 9. The number of likely N-dealkylation sites (N-methyl/N-ethyl adjacent to an activating group) is 1. The molecule has 4 nitrogen and oxygen atoms in total. The Morgan fingerprint density at radius 3 is 2.61 bits per heavy atom. The van der Waals surface area contributed by atoms with Crippen LogP contribution in [0, 0.1) is 0 Å². The first-order valence-corrected chi connectivity index (χ1v) is 7.39. The van der Waals surface area contributed by atoms with Crippen molar-refractivity contribution in [1.29, 1.82) is 0 Å². The van der Waals surface area contributed by atoms with E-state index in [0.29, 0.717) is 0 Å². The third-order valence-corrected chi connectivity index (χ3v) is 3.73. The number of nitrogens with zero attached hydrogens (tertiary/aromatic N) is 2. The van der Waals surface area contributed by atoms with E-state index in [4.69, 9.17) is 4.74 Å². The van der Waals surface area contributed by atoms with Crippen molar-refractivity contribution in [1.82, 2.24) is 15.1 Å². The van der Waals surface area contributed by atoms with Gasteiger partial charge in [0.15, 0.2) is 0 Å². The van der Waals surface area contributed by atoms with Crippen LogP contribution in [0.15, 0.2) is 0 Å². The second-order valence-corrected chi connectivity index (χ2v) is 5.37. The monoisotopic (exact) mass is 257 g/mol. The van der Waals surface area contributed by atoms with Crippen LogP contribution in [0.4, 0.5) is 0 Å². The molecule has 108 valence electrons. The molecule has 0 amide bonds. The summed E-state index contributed by atoms with van der Waals surface area (Å²) in [5, 5.41) is 3.68. The molecule has 1 aliphatic rings. The highest BCUT2D eigenvalue weighted by molar-refractivity contribution is 4.77. The van der Waals surface area contributed by atoms with E-state index in [0.717, 1.165) is 32.3 Å². The fourth-order valence-corrected chi connectivity index (χ4v) is 2.50. The van der Waals surface area contributed by atoms with Gasteiger partial charge < -0.3 is 19.9 Å². The highest BCUT2D eigenvalue weighted by Gasteiger charge is 2.17. The Balaban J connectivity index is 2.00. The smallest absolute Gasteiger partial charge is 0.0589 e. The molecule has 18 heavy (non-hydrogen) atoms. The average Bonchev–Trinajstić information content (AvgIpc) is 2.39. The maximum atomic E-state index is 5.08. The summed E-state index contributed by atoms with van der Waals surface area (Å²) >= 11 is 0. The highest BCUT2D eigenvalue weighted by atomic mass is 16.5. The summed E-state index contributed by atoms with van der Waals surface area (Å²) in [5.41, 5.74) is 0. The van der Waals surface area contributed by atoms with Crippen molar-refractivity contribution in [3.63, 3.8) is 0 Å². The van der Waals surface area contributed by atoms with E-state index in [-0.39, 0.29) is 0 Å². The molecule has 0 atom stereocenters. The molecule has 1 heterocycles. The Kier molecular flexibility index (Phi) is 8.59. The minimum absolute atomic E-state index is 0.730. The van der Waals surface area contributed by atoms with Crippen molar-refractivity contribution >= 4 is 0 Å². The number of piperidine rings is 1. The van der Waals surface area contributed by atoms with E-state index in [1.807, 2.05) is 0 Å². The van der Waals surface area contributed by atoms with Gasteiger partial charge in [-0.3, -0.25) is 0 Å². The van der Waals surface area contributed by atoms with E-state index >= 15 is 0 Å². The minimum atomic E-state index is 0.730. The highest BCUT2D eigenvalue weighted by Crippen LogP contribution is 2.10. The zero-order chi connectivity index (χ0) is 13.2. The van der Waals surface area contributed by atoms with Crippen LogP contribution < -0.4 is 5.32 Å². The van der Waals surface area contributed by atoms with E-state index in [9.17, 15) is 0 Å². The lowest BCUT2D eigenvalue weighted by atomic mass is 10.0. The largest absolute Gasteiger partial charge is 0.383 e. The van der Waals surface area contributed by atoms with Crippen LogP contribution in [-0.4, -0.2) is 75.9 Å². The molecule has 1 saturated heterocycles. The molecule has 0 bridgehead atoms. The van der Waals surface area contributed by atoms with Gasteiger partial charge in [-0.2, -0.15) is 0 Å². The predicted octanol–water partition coefficient (Wildman–Crippen LogP) is 1.03. The lowest BCUT2D eigenvalue weighted by Crippen LogP contribution is -2.44. The number of hydrogen-bond acceptors (Lipinski definition) is 4. The molecule has 0 saturated carbocycles. The van der Waals surface area contributed by atoms with Crippen LogP contribution >= 0.6 is 0 Å². The molecule has 1 N–H and O–H groups in total. The van der Waals surface area contributed by atoms with Crippen molar-refractivity contribution < 1.29 is 4.74 Å². The summed E-state index contributed by atoms with van der Waals surface area (Å²) in [5.74, 6) is 0. The number of ether oxygens (including phenoxy) is 1. The van der Waals surface area contributed by atoms with Gasteiger partial charge in [0.05, 0.1) is 6.61 Å². The molecule has 0 aromatic carbocycles. The van der Waals surface area contributed by atoms with Gasteiger partial charge >= 0.3 is 0 Å². The van der Waals surface area contributed by atoms with Gasteiger partial charge in [0.25, 0.3) is 0 Å². The maximum Gasteiger partial charge on any atom is 0.0589 e. The van der Waals surface area contributed by atoms with Crippen LogP contribution in [0.3, 0.4) is 0 Å². The van der Waals surface area contributed by atoms with Crippen LogP contribution in [0.2, 0.25) is 0 Å². The molecule has 1 aliphatic heterocycles. The second kappa shape index (κ2) is 9.73. The molecule has 0 unspecified atom stereocenters. The number of nitrogens with one attached hydrogen (secondary N) is 1. The summed E-state index contributed by atoms with van der Waals surface area (Å²) in [6, 6.07) is 0.730. The number of hydrogen-bond donors (Lipinski definition) is 1. The van der Waals surface area contributed by atoms with E-state index in [1.165, 1.54) is 38.9 Å². The number of methoxy groups -OCH3 is 1. The van der Waals surface area contributed by atoms with Gasteiger partial charge in [0.2, 0.25) is 0 Å². The van der Waals surface area contributed by atoms with Gasteiger partial charge in [-0.05, 0) is 45.9 Å². The molecule has 1 rings (SSSR count). The molecular weight excluding hydrogens is 226 g/mol. The van der Waals surface area contributed by atoms with Crippen LogP contribution in [0.25, 0.3) is 0 Å². The summed E-state index contributed by atoms with van der Waals surface area (Å²) in [6.45, 7) is 10.1. The third kappa shape index (κ3) is 6.69. The van der Waals surface area contributed by atoms with E-state index < -0.39 is 0 Å². The molecule has 0 spiro atoms. The molecule has 0 radical (unpaired) electrons. The van der Waals surface area contributed by atoms with Gasteiger partial charge in [-0.15, -0.1) is 0 Å². The lowest BCUT2D eigenvalue weighted by molar-refractivity contribution is 0.158. The first kappa shape index (κ1) is 15.9. The van der Waals surface area contributed by atoms with Crippen molar-refractivity contribution in [2.45, 2.75) is 32.2 Å². The molecule has 0 aliphatic carbocycles. The van der Waals surface area contributed by atoms with Crippen molar-refractivity contribution in [2.75, 3.05) is 60.0 Å². The first-order valence-electron chi connectivity index (χ1n) is 7.39. The Bertz CT molecular complexity index is 193. The summed E-state index contributed by atoms with van der Waals surface area (Å²) in [7, 11) is 3.92. The summed E-state index contributed by atoms with van der Waals surface area (Å²) in [6.07, 6.45) is 3.89. The van der Waals surface area contributed by atoms with Gasteiger partial charge in [0, 0.05) is 32.8 Å². The van der Waals surface area contributed by atoms with Crippen molar-refractivity contribution in [2.24, 2.45) is 0 Å². The van der Waals surface area contributed by atoms with E-state index in [2.05, 4.69) is 29.1 Å². The topological polar surface area (TPSA) is 27.7 Å². The van der Waals surface area contributed by atoms with Crippen LogP contribution in [0.1, 0.15) is 26.2 Å². The summed E-state index contributed by atoms with van der Waals surface area (Å²) < 4.78 is 5.08. The first-order chi connectivity index (χ1) is 8.76. The third-order valence-electron chi connectivity index (χ3n) is 3.73. The SMILES string of the molecule is CCCN1CCC(NCCN(C)CCOC)CC1. The fraction of sp³-hybridized carbons (Fsp3) is 1.00. The Morgan fingerprint density at radius 1 is 1.28 bits per heavy atom. The Labute approximate surface area is 113 Å². The number of likely N-dealkylation sites (tertiary alicyclic amines) is 1. The average molecular weight is 257 g/mol. The van der Waals surface area contributed by atoms with Crippen LogP contribution in [0.5, 0.6) is 0 Å². The fourth-order valence-electron chi connectivity index (χ4n) is 2.50. The second-order valence-electron chi connectivity index (χ2n) is 5.37. The summed E-state index contributed by atoms with van der Waals surface area (Å²) in [4.78, 5) is 4.91. The normalized spacial score (nSPS) is 18.7. The minimum Gasteiger partial charge on any atom is -0.383 e. The van der Waals surface area contributed by atoms with E-state index in [1.54, 1.807) is 7.11 Å². The molecule has 4 heteroatoms. The Hall–Kier alpha value is -0.160. The van der Waals surface area contributed by atoms with Gasteiger partial charge in [-0.25, -0.2) is 0 Å². The standard InChI is InChI=1S/C14H31N3O/c1-4-8-17-9-5-14(6-10-17)15-7-11-16(2)12-13-18-3/h14-15H,4-13H2,1-3H3. The maximum absolute atomic E-state index is 5.08. The van der Waals surface area contributed by atoms with Crippen molar-refractivity contribution in [3.8, 4) is 0 Å². The van der Waals surface area contributed by atoms with Gasteiger partial charge in [0.1, 0.15) is 0 Å². The quantitative estimate of drug-likeness (QED) is 0.668. The van der Waals surface area contributed by atoms with Crippen molar-refractivity contribution in [3.05, 3.63) is 0 Å². The molecule has 0 aromatic rings. The molecule has 1 fully saturated rings. The lowest BCUT2D eigenvalue weighted by Gasteiger charge is -2.32. The Morgan fingerprint density at radius 2 is 2.00 bits per heavy atom. The molecular formula is C14H31N3O. The zero-order valence-corrected chi connectivity index (χ0v) is 12.5.